The lowest BCUT2D eigenvalue weighted by Crippen LogP contribution is -2.48. The highest BCUT2D eigenvalue weighted by Crippen LogP contribution is 2.23. The predicted octanol–water partition coefficient (Wildman–Crippen LogP) is 3.33. The minimum Gasteiger partial charge on any atom is -0.465 e. The Labute approximate surface area is 171 Å². The second-order valence-corrected chi connectivity index (χ2v) is 6.83. The molecule has 160 valence electrons. The molecule has 1 saturated heterocycles. The van der Waals surface area contributed by atoms with E-state index in [1.54, 1.807) is 41.3 Å². The monoisotopic (exact) mass is 422 g/mol. The Hall–Kier alpha value is -3.07. The highest BCUT2D eigenvalue weighted by Gasteiger charge is 2.31. The van der Waals surface area contributed by atoms with Gasteiger partial charge in [0.05, 0.1) is 12.7 Å². The fourth-order valence-electron chi connectivity index (χ4n) is 3.21. The Morgan fingerprint density at radius 3 is 2.00 bits per heavy atom. The van der Waals surface area contributed by atoms with Gasteiger partial charge in [-0.05, 0) is 42.0 Å². The molecule has 1 heterocycles. The van der Waals surface area contributed by atoms with Gasteiger partial charge in [-0.25, -0.2) is 4.79 Å². The van der Waals surface area contributed by atoms with Gasteiger partial charge in [-0.1, -0.05) is 12.1 Å². The maximum atomic E-state index is 12.7. The Balaban J connectivity index is 1.51. The summed E-state index contributed by atoms with van der Waals surface area (Å²) in [5, 5.41) is 0. The summed E-state index contributed by atoms with van der Waals surface area (Å²) in [5.41, 5.74) is 1.74. The molecule has 30 heavy (non-hydrogen) atoms. The van der Waals surface area contributed by atoms with Gasteiger partial charge in [0.1, 0.15) is 5.75 Å². The minimum absolute atomic E-state index is 0.111. The van der Waals surface area contributed by atoms with Gasteiger partial charge in [0.2, 0.25) is 0 Å². The number of benzene rings is 2. The van der Waals surface area contributed by atoms with Crippen molar-refractivity contribution in [1.82, 2.24) is 9.80 Å². The third kappa shape index (κ3) is 5.73. The highest BCUT2D eigenvalue weighted by molar-refractivity contribution is 5.96. The van der Waals surface area contributed by atoms with Gasteiger partial charge in [0.25, 0.3) is 5.91 Å². The lowest BCUT2D eigenvalue weighted by atomic mass is 10.1. The minimum atomic E-state index is -4.70. The summed E-state index contributed by atoms with van der Waals surface area (Å²) in [4.78, 5) is 28.0. The van der Waals surface area contributed by atoms with Crippen LogP contribution in [0.4, 0.5) is 13.2 Å². The first kappa shape index (κ1) is 21.6. The summed E-state index contributed by atoms with van der Waals surface area (Å²) in [6.45, 7) is 2.93. The van der Waals surface area contributed by atoms with Crippen LogP contribution in [0.2, 0.25) is 0 Å². The number of hydrogen-bond donors (Lipinski definition) is 0. The first-order valence-electron chi connectivity index (χ1n) is 9.30. The van der Waals surface area contributed by atoms with Gasteiger partial charge in [0.15, 0.2) is 0 Å². The number of amides is 1. The molecule has 0 aliphatic carbocycles. The van der Waals surface area contributed by atoms with Crippen molar-refractivity contribution in [2.45, 2.75) is 12.9 Å². The molecule has 9 heteroatoms. The molecule has 0 bridgehead atoms. The van der Waals surface area contributed by atoms with Crippen LogP contribution in [-0.4, -0.2) is 61.3 Å². The molecule has 1 amide bonds. The summed E-state index contributed by atoms with van der Waals surface area (Å²) in [5.74, 6) is -0.819. The van der Waals surface area contributed by atoms with E-state index in [-0.39, 0.29) is 11.7 Å². The molecule has 0 unspecified atom stereocenters. The van der Waals surface area contributed by atoms with Crippen molar-refractivity contribution < 1.29 is 32.2 Å². The number of hydrogen-bond acceptors (Lipinski definition) is 5. The number of alkyl halides is 3. The molecule has 3 rings (SSSR count). The zero-order valence-corrected chi connectivity index (χ0v) is 16.3. The predicted molar refractivity (Wildman–Crippen MR) is 102 cm³/mol. The molecular formula is C21H21F3N2O4. The molecule has 1 aliphatic heterocycles. The van der Waals surface area contributed by atoms with E-state index in [1.165, 1.54) is 19.2 Å². The molecule has 1 fully saturated rings. The van der Waals surface area contributed by atoms with Crippen LogP contribution < -0.4 is 4.74 Å². The summed E-state index contributed by atoms with van der Waals surface area (Å²) >= 11 is 0. The Morgan fingerprint density at radius 1 is 0.900 bits per heavy atom. The summed E-state index contributed by atoms with van der Waals surface area (Å²) in [7, 11) is 1.30. The molecule has 1 aliphatic rings. The fraction of sp³-hybridized carbons (Fsp3) is 0.333. The third-order valence-electron chi connectivity index (χ3n) is 4.78. The average molecular weight is 422 g/mol. The van der Waals surface area contributed by atoms with Crippen LogP contribution in [0.25, 0.3) is 0 Å². The zero-order valence-electron chi connectivity index (χ0n) is 16.3. The van der Waals surface area contributed by atoms with E-state index >= 15 is 0 Å². The van der Waals surface area contributed by atoms with Crippen LogP contribution in [0.15, 0.2) is 48.5 Å². The number of carbonyl (C=O) groups excluding carboxylic acids is 2. The molecular weight excluding hydrogens is 401 g/mol. The van der Waals surface area contributed by atoms with Gasteiger partial charge in [0, 0.05) is 38.3 Å². The number of methoxy groups -OCH3 is 1. The van der Waals surface area contributed by atoms with E-state index in [4.69, 9.17) is 0 Å². The quantitative estimate of drug-likeness (QED) is 0.692. The van der Waals surface area contributed by atoms with Gasteiger partial charge >= 0.3 is 12.3 Å². The Bertz CT molecular complexity index is 875. The number of carbonyl (C=O) groups is 2. The number of halogens is 3. The summed E-state index contributed by atoms with van der Waals surface area (Å²) < 4.78 is 45.2. The molecule has 0 spiro atoms. The van der Waals surface area contributed by atoms with Crippen molar-refractivity contribution in [2.24, 2.45) is 0 Å². The topological polar surface area (TPSA) is 59.1 Å². The number of nitrogens with zero attached hydrogens (tertiary/aromatic N) is 2. The van der Waals surface area contributed by atoms with Crippen molar-refractivity contribution in [3.05, 3.63) is 65.2 Å². The normalized spacial score (nSPS) is 15.0. The van der Waals surface area contributed by atoms with Gasteiger partial charge in [-0.3, -0.25) is 9.69 Å². The number of piperazine rings is 1. The largest absolute Gasteiger partial charge is 0.573 e. The van der Waals surface area contributed by atoms with Crippen LogP contribution in [0.5, 0.6) is 5.75 Å². The summed E-state index contributed by atoms with van der Waals surface area (Å²) in [6.07, 6.45) is -4.70. The molecule has 2 aromatic carbocycles. The van der Waals surface area contributed by atoms with E-state index < -0.39 is 12.3 Å². The van der Waals surface area contributed by atoms with Gasteiger partial charge in [-0.15, -0.1) is 13.2 Å². The van der Waals surface area contributed by atoms with Crippen LogP contribution in [-0.2, 0) is 11.3 Å². The molecule has 0 radical (unpaired) electrons. The summed E-state index contributed by atoms with van der Waals surface area (Å²) in [6, 6.07) is 12.1. The molecule has 0 N–H and O–H groups in total. The molecule has 0 aromatic heterocycles. The Morgan fingerprint density at radius 2 is 1.47 bits per heavy atom. The highest BCUT2D eigenvalue weighted by atomic mass is 19.4. The second-order valence-electron chi connectivity index (χ2n) is 6.83. The smallest absolute Gasteiger partial charge is 0.465 e. The van der Waals surface area contributed by atoms with Crippen molar-refractivity contribution >= 4 is 11.9 Å². The van der Waals surface area contributed by atoms with E-state index in [2.05, 4.69) is 14.4 Å². The first-order valence-corrected chi connectivity index (χ1v) is 9.30. The van der Waals surface area contributed by atoms with E-state index in [0.717, 1.165) is 5.56 Å². The van der Waals surface area contributed by atoms with Crippen LogP contribution in [0.1, 0.15) is 26.3 Å². The molecule has 0 saturated carbocycles. The zero-order chi connectivity index (χ0) is 21.7. The number of ether oxygens (including phenoxy) is 2. The number of rotatable bonds is 5. The van der Waals surface area contributed by atoms with E-state index in [9.17, 15) is 22.8 Å². The maximum Gasteiger partial charge on any atom is 0.573 e. The Kier molecular flexibility index (Phi) is 6.61. The van der Waals surface area contributed by atoms with E-state index in [1.807, 2.05) is 0 Å². The second kappa shape index (κ2) is 9.17. The van der Waals surface area contributed by atoms with Crippen molar-refractivity contribution in [1.29, 1.82) is 0 Å². The van der Waals surface area contributed by atoms with Crippen molar-refractivity contribution in [3.8, 4) is 5.75 Å². The average Bonchev–Trinajstić information content (AvgIpc) is 2.74. The lowest BCUT2D eigenvalue weighted by Gasteiger charge is -2.34. The third-order valence-corrected chi connectivity index (χ3v) is 4.78. The fourth-order valence-corrected chi connectivity index (χ4v) is 3.21. The standard InChI is InChI=1S/C21H21F3N2O4/c1-29-20(28)17-6-4-16(5-7-17)19(27)26-12-10-25(11-13-26)14-15-2-8-18(9-3-15)30-21(22,23)24/h2-9H,10-14H2,1H3. The molecule has 0 atom stereocenters. The van der Waals surface area contributed by atoms with Crippen LogP contribution >= 0.6 is 0 Å². The van der Waals surface area contributed by atoms with Crippen molar-refractivity contribution in [3.63, 3.8) is 0 Å². The molecule has 2 aromatic rings. The maximum absolute atomic E-state index is 12.7. The molecule has 6 nitrogen and oxygen atoms in total. The van der Waals surface area contributed by atoms with Crippen LogP contribution in [0, 0.1) is 0 Å². The lowest BCUT2D eigenvalue weighted by molar-refractivity contribution is -0.274. The van der Waals surface area contributed by atoms with Crippen molar-refractivity contribution in [2.75, 3.05) is 33.3 Å². The van der Waals surface area contributed by atoms with Gasteiger partial charge < -0.3 is 14.4 Å². The van der Waals surface area contributed by atoms with Crippen LogP contribution in [0.3, 0.4) is 0 Å². The SMILES string of the molecule is COC(=O)c1ccc(C(=O)N2CCN(Cc3ccc(OC(F)(F)F)cc3)CC2)cc1. The first-order chi connectivity index (χ1) is 14.2. The van der Waals surface area contributed by atoms with Gasteiger partial charge in [-0.2, -0.15) is 0 Å². The number of esters is 1. The van der Waals surface area contributed by atoms with E-state index in [0.29, 0.717) is 43.9 Å².